The van der Waals surface area contributed by atoms with E-state index in [0.29, 0.717) is 23.6 Å². The van der Waals surface area contributed by atoms with Gasteiger partial charge in [-0.05, 0) is 49.2 Å². The van der Waals surface area contributed by atoms with E-state index in [9.17, 15) is 0 Å². The molecule has 0 saturated carbocycles. The number of hydrogen-bond donors (Lipinski definition) is 1. The van der Waals surface area contributed by atoms with Crippen LogP contribution in [-0.4, -0.2) is 28.2 Å². The van der Waals surface area contributed by atoms with Crippen molar-refractivity contribution in [2.75, 3.05) is 13.1 Å². The molecule has 1 aliphatic heterocycles. The average Bonchev–Trinajstić information content (AvgIpc) is 3.10. The van der Waals surface area contributed by atoms with Crippen molar-refractivity contribution in [1.82, 2.24) is 20.4 Å². The Morgan fingerprint density at radius 2 is 2.21 bits per heavy atom. The highest BCUT2D eigenvalue weighted by atomic mass is 16.5. The minimum Gasteiger partial charge on any atom is -0.339 e. The maximum absolute atomic E-state index is 5.51. The largest absolute Gasteiger partial charge is 0.339 e. The minimum atomic E-state index is 0.534. The molecule has 3 heterocycles. The molecule has 5 heteroatoms. The summed E-state index contributed by atoms with van der Waals surface area (Å²) in [7, 11) is 0. The maximum Gasteiger partial charge on any atom is 0.227 e. The summed E-state index contributed by atoms with van der Waals surface area (Å²) in [6.45, 7) is 4.51. The lowest BCUT2D eigenvalue weighted by Gasteiger charge is -2.27. The summed E-state index contributed by atoms with van der Waals surface area (Å²) in [5.74, 6) is 2.50. The van der Waals surface area contributed by atoms with Crippen LogP contribution in [0.5, 0.6) is 0 Å². The summed E-state index contributed by atoms with van der Waals surface area (Å²) in [6, 6.07) is 10.1. The fourth-order valence-electron chi connectivity index (χ4n) is 3.54. The first-order valence-corrected chi connectivity index (χ1v) is 8.68. The highest BCUT2D eigenvalue weighted by Crippen LogP contribution is 2.26. The van der Waals surface area contributed by atoms with Gasteiger partial charge in [-0.1, -0.05) is 36.3 Å². The standard InChI is InChI=1S/C19H22N4O/c1-13(15-6-4-9-20-12-15)11-17-22-19(23-24-17)18-16-7-3-2-5-14(16)8-10-21-18/h2-3,5,7-8,10,13,15,20H,4,6,9,11-12H2,1H3. The number of nitrogens with one attached hydrogen (secondary N) is 1. The lowest BCUT2D eigenvalue weighted by atomic mass is 9.85. The third-order valence-electron chi connectivity index (χ3n) is 4.99. The highest BCUT2D eigenvalue weighted by molar-refractivity contribution is 5.92. The Morgan fingerprint density at radius 1 is 1.29 bits per heavy atom. The molecule has 1 N–H and O–H groups in total. The second-order valence-electron chi connectivity index (χ2n) is 6.68. The number of nitrogens with zero attached hydrogens (tertiary/aromatic N) is 3. The van der Waals surface area contributed by atoms with Crippen LogP contribution in [0.4, 0.5) is 0 Å². The number of piperidine rings is 1. The molecule has 2 atom stereocenters. The van der Waals surface area contributed by atoms with Crippen LogP contribution in [0.3, 0.4) is 0 Å². The van der Waals surface area contributed by atoms with Crippen LogP contribution in [-0.2, 0) is 6.42 Å². The second kappa shape index (κ2) is 6.69. The van der Waals surface area contributed by atoms with Crippen molar-refractivity contribution in [3.8, 4) is 11.5 Å². The normalized spacial score (nSPS) is 19.5. The van der Waals surface area contributed by atoms with Crippen molar-refractivity contribution in [3.05, 3.63) is 42.4 Å². The van der Waals surface area contributed by atoms with Gasteiger partial charge in [-0.15, -0.1) is 0 Å². The third-order valence-corrected chi connectivity index (χ3v) is 4.99. The predicted molar refractivity (Wildman–Crippen MR) is 93.5 cm³/mol. The van der Waals surface area contributed by atoms with Crippen LogP contribution in [0.15, 0.2) is 41.1 Å². The molecule has 1 aromatic carbocycles. The Kier molecular flexibility index (Phi) is 4.26. The summed E-state index contributed by atoms with van der Waals surface area (Å²) < 4.78 is 5.51. The molecule has 124 valence electrons. The first kappa shape index (κ1) is 15.3. The maximum atomic E-state index is 5.51. The van der Waals surface area contributed by atoms with Crippen LogP contribution in [0, 0.1) is 11.8 Å². The molecule has 0 spiro atoms. The average molecular weight is 322 g/mol. The number of benzene rings is 1. The molecule has 0 amide bonds. The van der Waals surface area contributed by atoms with E-state index < -0.39 is 0 Å². The van der Waals surface area contributed by atoms with Gasteiger partial charge >= 0.3 is 0 Å². The number of fused-ring (bicyclic) bond motifs is 1. The van der Waals surface area contributed by atoms with Gasteiger partial charge in [0, 0.05) is 18.0 Å². The van der Waals surface area contributed by atoms with E-state index >= 15 is 0 Å². The zero-order chi connectivity index (χ0) is 16.4. The number of aromatic nitrogens is 3. The smallest absolute Gasteiger partial charge is 0.227 e. The highest BCUT2D eigenvalue weighted by Gasteiger charge is 2.22. The van der Waals surface area contributed by atoms with Gasteiger partial charge < -0.3 is 9.84 Å². The number of hydrogen-bond acceptors (Lipinski definition) is 5. The van der Waals surface area contributed by atoms with Crippen molar-refractivity contribution in [1.29, 1.82) is 0 Å². The number of pyridine rings is 1. The van der Waals surface area contributed by atoms with Gasteiger partial charge in [-0.3, -0.25) is 4.98 Å². The predicted octanol–water partition coefficient (Wildman–Crippen LogP) is 3.46. The van der Waals surface area contributed by atoms with Crippen LogP contribution < -0.4 is 5.32 Å². The number of rotatable bonds is 4. The summed E-state index contributed by atoms with van der Waals surface area (Å²) in [6.07, 6.45) is 5.15. The minimum absolute atomic E-state index is 0.534. The first-order chi connectivity index (χ1) is 11.8. The molecule has 5 nitrogen and oxygen atoms in total. The van der Waals surface area contributed by atoms with E-state index in [4.69, 9.17) is 4.52 Å². The Morgan fingerprint density at radius 3 is 3.08 bits per heavy atom. The Hall–Kier alpha value is -2.27. The topological polar surface area (TPSA) is 63.8 Å². The Bertz CT molecular complexity index is 818. The molecule has 0 aliphatic carbocycles. The van der Waals surface area contributed by atoms with E-state index in [1.807, 2.05) is 24.3 Å². The van der Waals surface area contributed by atoms with Crippen LogP contribution in [0.1, 0.15) is 25.7 Å². The lowest BCUT2D eigenvalue weighted by Crippen LogP contribution is -2.33. The molecule has 2 unspecified atom stereocenters. The van der Waals surface area contributed by atoms with Crippen molar-refractivity contribution >= 4 is 10.8 Å². The van der Waals surface area contributed by atoms with Gasteiger partial charge in [0.25, 0.3) is 0 Å². The fraction of sp³-hybridized carbons (Fsp3) is 0.421. The van der Waals surface area contributed by atoms with E-state index in [0.717, 1.165) is 36.0 Å². The van der Waals surface area contributed by atoms with Crippen LogP contribution in [0.25, 0.3) is 22.3 Å². The van der Waals surface area contributed by atoms with Crippen LogP contribution in [0.2, 0.25) is 0 Å². The quantitative estimate of drug-likeness (QED) is 0.797. The van der Waals surface area contributed by atoms with E-state index in [2.05, 4.69) is 33.4 Å². The SMILES string of the molecule is CC(Cc1nc(-c2nccc3ccccc23)no1)C1CCCNC1. The monoisotopic (exact) mass is 322 g/mol. The molecule has 1 saturated heterocycles. The van der Waals surface area contributed by atoms with Crippen molar-refractivity contribution in [3.63, 3.8) is 0 Å². The molecule has 0 radical (unpaired) electrons. The van der Waals surface area contributed by atoms with Gasteiger partial charge in [0.2, 0.25) is 11.7 Å². The van der Waals surface area contributed by atoms with Gasteiger partial charge in [0.05, 0.1) is 0 Å². The second-order valence-corrected chi connectivity index (χ2v) is 6.68. The van der Waals surface area contributed by atoms with E-state index in [1.165, 1.54) is 12.8 Å². The molecule has 1 aliphatic rings. The molecule has 1 fully saturated rings. The van der Waals surface area contributed by atoms with Gasteiger partial charge in [-0.2, -0.15) is 4.98 Å². The van der Waals surface area contributed by atoms with Crippen molar-refractivity contribution < 1.29 is 4.52 Å². The molecule has 3 aromatic rings. The summed E-state index contributed by atoms with van der Waals surface area (Å²) in [4.78, 5) is 9.07. The molecule has 0 bridgehead atoms. The summed E-state index contributed by atoms with van der Waals surface area (Å²) >= 11 is 0. The Labute approximate surface area is 141 Å². The van der Waals surface area contributed by atoms with E-state index in [-0.39, 0.29) is 0 Å². The third kappa shape index (κ3) is 3.04. The lowest BCUT2D eigenvalue weighted by molar-refractivity contribution is 0.257. The zero-order valence-electron chi connectivity index (χ0n) is 13.9. The Balaban J connectivity index is 1.56. The molecular formula is C19H22N4O. The molecule has 24 heavy (non-hydrogen) atoms. The molecule has 2 aromatic heterocycles. The summed E-state index contributed by atoms with van der Waals surface area (Å²) in [5, 5.41) is 9.83. The zero-order valence-corrected chi connectivity index (χ0v) is 13.9. The fourth-order valence-corrected chi connectivity index (χ4v) is 3.54. The van der Waals surface area contributed by atoms with E-state index in [1.54, 1.807) is 6.20 Å². The molecular weight excluding hydrogens is 300 g/mol. The van der Waals surface area contributed by atoms with Gasteiger partial charge in [0.15, 0.2) is 0 Å². The van der Waals surface area contributed by atoms with Gasteiger partial charge in [0.1, 0.15) is 5.69 Å². The van der Waals surface area contributed by atoms with Crippen molar-refractivity contribution in [2.45, 2.75) is 26.2 Å². The van der Waals surface area contributed by atoms with Gasteiger partial charge in [-0.25, -0.2) is 0 Å². The molecule has 4 rings (SSSR count). The van der Waals surface area contributed by atoms with Crippen molar-refractivity contribution in [2.24, 2.45) is 11.8 Å². The first-order valence-electron chi connectivity index (χ1n) is 8.68. The van der Waals surface area contributed by atoms with Crippen LogP contribution >= 0.6 is 0 Å². The summed E-state index contributed by atoms with van der Waals surface area (Å²) in [5.41, 5.74) is 0.787.